The van der Waals surface area contributed by atoms with Gasteiger partial charge in [0.15, 0.2) is 0 Å². The van der Waals surface area contributed by atoms with Crippen LogP contribution in [0.2, 0.25) is 0 Å². The van der Waals surface area contributed by atoms with E-state index in [-0.39, 0.29) is 24.2 Å². The third-order valence-electron chi connectivity index (χ3n) is 2.49. The number of nitrogens with one attached hydrogen (secondary N) is 1. The van der Waals surface area contributed by atoms with Crippen molar-refractivity contribution in [2.45, 2.75) is 34.6 Å². The summed E-state index contributed by atoms with van der Waals surface area (Å²) in [4.78, 5) is 31.7. The number of carbonyl (C=O) groups is 2. The van der Waals surface area contributed by atoms with Crippen LogP contribution in [0.1, 0.15) is 45.6 Å². The molecule has 0 saturated carbocycles. The fourth-order valence-corrected chi connectivity index (χ4v) is 1.37. The fraction of sp³-hybridized carbons (Fsp3) is 0.467. The van der Waals surface area contributed by atoms with E-state index in [1.165, 1.54) is 30.8 Å². The van der Waals surface area contributed by atoms with Crippen LogP contribution in [0.25, 0.3) is 0 Å². The lowest BCUT2D eigenvalue weighted by Gasteiger charge is -2.17. The van der Waals surface area contributed by atoms with Crippen LogP contribution in [-0.4, -0.2) is 38.0 Å². The van der Waals surface area contributed by atoms with Crippen LogP contribution in [0, 0.1) is 5.41 Å². The first kappa shape index (κ1) is 18.4. The zero-order valence-corrected chi connectivity index (χ0v) is 14.0. The lowest BCUT2D eigenvalue weighted by molar-refractivity contribution is 0.0910. The van der Waals surface area contributed by atoms with Crippen molar-refractivity contribution >= 4 is 11.8 Å². The Morgan fingerprint density at radius 1 is 1.22 bits per heavy atom. The van der Waals surface area contributed by atoms with E-state index in [1.807, 2.05) is 0 Å². The second kappa shape index (κ2) is 7.57. The quantitative estimate of drug-likeness (QED) is 0.911. The molecule has 0 atom stereocenters. The van der Waals surface area contributed by atoms with E-state index >= 15 is 0 Å². The molecule has 0 saturated heterocycles. The molecule has 0 spiro atoms. The van der Waals surface area contributed by atoms with Gasteiger partial charge in [-0.1, -0.05) is 20.8 Å². The highest BCUT2D eigenvalue weighted by Gasteiger charge is 2.12. The van der Waals surface area contributed by atoms with Crippen LogP contribution in [0.4, 0.5) is 0 Å². The molecule has 0 radical (unpaired) electrons. The third kappa shape index (κ3) is 6.77. The standard InChI is InChI=1S/C10H16N2O2.C5H6N2O2.H2/c1-8(13)12-6-5-9(11-12)14-7-10(2,3)4;1-4(8)7-3-2-5(9)6-7;/h5-6H,7H2,1-4H3;2-3H,1H3,(H,6,9);1H. The molecule has 0 amide bonds. The van der Waals surface area contributed by atoms with Gasteiger partial charge in [-0.3, -0.25) is 19.5 Å². The van der Waals surface area contributed by atoms with Gasteiger partial charge in [-0.05, 0) is 5.41 Å². The lowest BCUT2D eigenvalue weighted by Crippen LogP contribution is -2.17. The Morgan fingerprint density at radius 3 is 2.22 bits per heavy atom. The second-order valence-corrected chi connectivity index (χ2v) is 6.15. The molecule has 0 aromatic carbocycles. The van der Waals surface area contributed by atoms with E-state index in [9.17, 15) is 14.4 Å². The molecule has 2 rings (SSSR count). The monoisotopic (exact) mass is 324 g/mol. The van der Waals surface area contributed by atoms with Gasteiger partial charge in [0, 0.05) is 39.8 Å². The van der Waals surface area contributed by atoms with Gasteiger partial charge in [-0.25, -0.2) is 9.36 Å². The van der Waals surface area contributed by atoms with E-state index in [0.717, 1.165) is 4.68 Å². The number of ether oxygens (including phenoxy) is 1. The molecular formula is C15H24N4O4. The molecule has 1 N–H and O–H groups in total. The Balaban J connectivity index is 0.000000460. The van der Waals surface area contributed by atoms with Gasteiger partial charge in [0.05, 0.1) is 6.61 Å². The van der Waals surface area contributed by atoms with Gasteiger partial charge < -0.3 is 4.74 Å². The maximum atomic E-state index is 10.9. The minimum absolute atomic E-state index is 0. The van der Waals surface area contributed by atoms with E-state index in [0.29, 0.717) is 12.5 Å². The summed E-state index contributed by atoms with van der Waals surface area (Å²) in [5, 5.41) is 6.24. The first-order chi connectivity index (χ1) is 10.6. The van der Waals surface area contributed by atoms with Crippen molar-refractivity contribution in [1.29, 1.82) is 0 Å². The Labute approximate surface area is 135 Å². The van der Waals surface area contributed by atoms with Crippen molar-refractivity contribution in [2.75, 3.05) is 6.61 Å². The molecule has 23 heavy (non-hydrogen) atoms. The molecule has 0 aliphatic heterocycles. The highest BCUT2D eigenvalue weighted by Crippen LogP contribution is 2.15. The Hall–Kier alpha value is -2.64. The number of hydrogen-bond acceptors (Lipinski definition) is 5. The molecule has 2 aromatic rings. The van der Waals surface area contributed by atoms with Crippen molar-refractivity contribution < 1.29 is 15.8 Å². The smallest absolute Gasteiger partial charge is 0.264 e. The molecular weight excluding hydrogens is 300 g/mol. The first-order valence-electron chi connectivity index (χ1n) is 7.06. The second-order valence-electron chi connectivity index (χ2n) is 6.15. The molecule has 0 aliphatic rings. The predicted molar refractivity (Wildman–Crippen MR) is 86.9 cm³/mol. The van der Waals surface area contributed by atoms with Crippen LogP contribution >= 0.6 is 0 Å². The van der Waals surface area contributed by atoms with Gasteiger partial charge in [0.2, 0.25) is 17.7 Å². The zero-order valence-electron chi connectivity index (χ0n) is 14.0. The number of H-pyrrole nitrogens is 1. The summed E-state index contributed by atoms with van der Waals surface area (Å²) in [7, 11) is 0. The number of nitrogens with zero attached hydrogens (tertiary/aromatic N) is 3. The minimum Gasteiger partial charge on any atom is -0.476 e. The largest absolute Gasteiger partial charge is 0.476 e. The van der Waals surface area contributed by atoms with E-state index in [1.54, 1.807) is 12.3 Å². The molecule has 2 aromatic heterocycles. The predicted octanol–water partition coefficient (Wildman–Crippen LogP) is 2.05. The summed E-state index contributed by atoms with van der Waals surface area (Å²) in [6.07, 6.45) is 2.99. The molecule has 0 bridgehead atoms. The molecule has 8 nitrogen and oxygen atoms in total. The van der Waals surface area contributed by atoms with Crippen LogP contribution in [-0.2, 0) is 0 Å². The average molecular weight is 324 g/mol. The summed E-state index contributed by atoms with van der Waals surface area (Å²) in [5.74, 6) is 0.183. The summed E-state index contributed by atoms with van der Waals surface area (Å²) in [6, 6.07) is 2.98. The van der Waals surface area contributed by atoms with Gasteiger partial charge >= 0.3 is 0 Å². The first-order valence-corrected chi connectivity index (χ1v) is 7.06. The summed E-state index contributed by atoms with van der Waals surface area (Å²) in [5.41, 5.74) is -0.162. The minimum atomic E-state index is -0.259. The van der Waals surface area contributed by atoms with Gasteiger partial charge in [0.25, 0.3) is 5.56 Å². The topological polar surface area (TPSA) is 99.0 Å². The summed E-state index contributed by atoms with van der Waals surface area (Å²) in [6.45, 7) is 9.65. The van der Waals surface area contributed by atoms with Crippen LogP contribution in [0.5, 0.6) is 5.88 Å². The Kier molecular flexibility index (Phi) is 6.06. The highest BCUT2D eigenvalue weighted by molar-refractivity contribution is 5.75. The van der Waals surface area contributed by atoms with E-state index < -0.39 is 0 Å². The number of aromatic nitrogens is 4. The molecule has 128 valence electrons. The van der Waals surface area contributed by atoms with Crippen molar-refractivity contribution in [3.05, 3.63) is 34.9 Å². The van der Waals surface area contributed by atoms with Crippen LogP contribution in [0.15, 0.2) is 29.3 Å². The van der Waals surface area contributed by atoms with Crippen LogP contribution in [0.3, 0.4) is 0 Å². The molecule has 2 heterocycles. The molecule has 8 heteroatoms. The Morgan fingerprint density at radius 2 is 1.87 bits per heavy atom. The van der Waals surface area contributed by atoms with Gasteiger partial charge in [0.1, 0.15) is 0 Å². The van der Waals surface area contributed by atoms with Gasteiger partial charge in [-0.2, -0.15) is 0 Å². The number of hydrogen-bond donors (Lipinski definition) is 1. The highest BCUT2D eigenvalue weighted by atomic mass is 16.5. The lowest BCUT2D eigenvalue weighted by atomic mass is 9.99. The molecule has 0 aliphatic carbocycles. The van der Waals surface area contributed by atoms with E-state index in [2.05, 4.69) is 31.0 Å². The molecule has 0 unspecified atom stereocenters. The van der Waals surface area contributed by atoms with E-state index in [4.69, 9.17) is 4.74 Å². The average Bonchev–Trinajstić information content (AvgIpc) is 3.05. The number of aromatic amines is 1. The van der Waals surface area contributed by atoms with Gasteiger partial charge in [-0.15, -0.1) is 5.10 Å². The number of rotatable bonds is 2. The normalized spacial score (nSPS) is 10.7. The fourth-order valence-electron chi connectivity index (χ4n) is 1.37. The Bertz CT molecular complexity index is 724. The summed E-state index contributed by atoms with van der Waals surface area (Å²) >= 11 is 0. The summed E-state index contributed by atoms with van der Waals surface area (Å²) < 4.78 is 7.81. The SMILES string of the molecule is CC(=O)n1ccc(=O)[nH]1.CC(=O)n1ccc(OCC(C)(C)C)n1.[HH]. The zero-order chi connectivity index (χ0) is 17.6. The maximum absolute atomic E-state index is 10.9. The van der Waals surface area contributed by atoms with Crippen molar-refractivity contribution in [3.8, 4) is 5.88 Å². The van der Waals surface area contributed by atoms with Crippen LogP contribution < -0.4 is 10.3 Å². The van der Waals surface area contributed by atoms with Crippen molar-refractivity contribution in [1.82, 2.24) is 19.6 Å². The molecule has 0 fully saturated rings. The van der Waals surface area contributed by atoms with Crippen molar-refractivity contribution in [2.24, 2.45) is 5.41 Å². The van der Waals surface area contributed by atoms with Crippen molar-refractivity contribution in [3.63, 3.8) is 0 Å². The number of carbonyl (C=O) groups excluding carboxylic acids is 2. The maximum Gasteiger partial charge on any atom is 0.264 e. The third-order valence-corrected chi connectivity index (χ3v) is 2.49.